The molecule has 1 heterocycles. The second-order valence-corrected chi connectivity index (χ2v) is 8.07. The molecule has 2 N–H and O–H groups in total. The topological polar surface area (TPSA) is 55.3 Å². The molecule has 25 heavy (non-hydrogen) atoms. The normalized spacial score (nSPS) is 21.6. The molecule has 2 atom stereocenters. The summed E-state index contributed by atoms with van der Waals surface area (Å²) in [7, 11) is 0. The Bertz CT molecular complexity index is 533. The molecule has 0 bridgehead atoms. The maximum absolute atomic E-state index is 12.2. The molecule has 1 fully saturated rings. The Morgan fingerprint density at radius 1 is 1.24 bits per heavy atom. The number of hydrogen-bond acceptors (Lipinski definition) is 3. The molecular weight excluding hydrogens is 314 g/mol. The fourth-order valence-corrected chi connectivity index (χ4v) is 3.49. The lowest BCUT2D eigenvalue weighted by atomic mass is 10.0. The number of aromatic nitrogens is 1. The molecule has 1 aromatic heterocycles. The molecule has 1 amide bonds. The van der Waals surface area contributed by atoms with E-state index < -0.39 is 5.60 Å². The highest BCUT2D eigenvalue weighted by Gasteiger charge is 2.27. The van der Waals surface area contributed by atoms with Crippen LogP contribution in [0.2, 0.25) is 0 Å². The van der Waals surface area contributed by atoms with Crippen LogP contribution in [-0.2, 0) is 17.8 Å². The van der Waals surface area contributed by atoms with Crippen molar-refractivity contribution >= 4 is 6.09 Å². The molecule has 2 rings (SSSR count). The van der Waals surface area contributed by atoms with Crippen LogP contribution in [0.25, 0.3) is 0 Å². The molecule has 5 heteroatoms. The van der Waals surface area contributed by atoms with Gasteiger partial charge in [-0.05, 0) is 52.2 Å². The van der Waals surface area contributed by atoms with Gasteiger partial charge in [-0.3, -0.25) is 0 Å². The van der Waals surface area contributed by atoms with E-state index in [1.54, 1.807) is 0 Å². The van der Waals surface area contributed by atoms with E-state index in [9.17, 15) is 4.79 Å². The van der Waals surface area contributed by atoms with Gasteiger partial charge in [0.15, 0.2) is 0 Å². The van der Waals surface area contributed by atoms with Crippen molar-refractivity contribution in [3.8, 4) is 0 Å². The Kier molecular flexibility index (Phi) is 7.36. The quantitative estimate of drug-likeness (QED) is 0.756. The van der Waals surface area contributed by atoms with Gasteiger partial charge in [0.05, 0.1) is 0 Å². The molecule has 5 nitrogen and oxygen atoms in total. The van der Waals surface area contributed by atoms with Crippen LogP contribution in [0, 0.1) is 0 Å². The highest BCUT2D eigenvalue weighted by Crippen LogP contribution is 2.19. The molecule has 1 aliphatic carbocycles. The van der Waals surface area contributed by atoms with Crippen molar-refractivity contribution in [1.29, 1.82) is 0 Å². The van der Waals surface area contributed by atoms with E-state index in [-0.39, 0.29) is 12.1 Å². The average Bonchev–Trinajstić information content (AvgIpc) is 2.83. The van der Waals surface area contributed by atoms with Crippen molar-refractivity contribution in [2.24, 2.45) is 0 Å². The summed E-state index contributed by atoms with van der Waals surface area (Å²) in [6.45, 7) is 9.79. The first-order valence-corrected chi connectivity index (χ1v) is 9.76. The van der Waals surface area contributed by atoms with Gasteiger partial charge in [-0.1, -0.05) is 26.2 Å². The first-order valence-electron chi connectivity index (χ1n) is 9.76. The third kappa shape index (κ3) is 6.73. The van der Waals surface area contributed by atoms with E-state index in [0.717, 1.165) is 38.8 Å². The SMILES string of the molecule is CCCn1cccc1CNC1CCCCCC1NC(=O)OC(C)(C)C. The van der Waals surface area contributed by atoms with Crippen LogP contribution in [0.5, 0.6) is 0 Å². The van der Waals surface area contributed by atoms with Crippen LogP contribution in [0.1, 0.15) is 71.9 Å². The highest BCUT2D eigenvalue weighted by molar-refractivity contribution is 5.68. The van der Waals surface area contributed by atoms with Gasteiger partial charge in [0.25, 0.3) is 0 Å². The number of aryl methyl sites for hydroxylation is 1. The van der Waals surface area contributed by atoms with Gasteiger partial charge in [-0.25, -0.2) is 4.79 Å². The van der Waals surface area contributed by atoms with Crippen molar-refractivity contribution in [1.82, 2.24) is 15.2 Å². The van der Waals surface area contributed by atoms with Crippen LogP contribution in [0.4, 0.5) is 4.79 Å². The molecular formula is C20H35N3O2. The number of nitrogens with zero attached hydrogens (tertiary/aromatic N) is 1. The van der Waals surface area contributed by atoms with Crippen LogP contribution >= 0.6 is 0 Å². The zero-order chi connectivity index (χ0) is 18.3. The number of alkyl carbamates (subject to hydrolysis) is 1. The third-order valence-electron chi connectivity index (χ3n) is 4.65. The molecule has 1 saturated carbocycles. The Morgan fingerprint density at radius 3 is 2.64 bits per heavy atom. The second-order valence-electron chi connectivity index (χ2n) is 8.07. The van der Waals surface area contributed by atoms with E-state index >= 15 is 0 Å². The van der Waals surface area contributed by atoms with E-state index in [1.807, 2.05) is 20.8 Å². The number of rotatable bonds is 6. The van der Waals surface area contributed by atoms with Crippen molar-refractivity contribution in [2.45, 2.75) is 97.0 Å². The van der Waals surface area contributed by atoms with Crippen LogP contribution < -0.4 is 10.6 Å². The fraction of sp³-hybridized carbons (Fsp3) is 0.750. The first kappa shape index (κ1) is 19.8. The molecule has 0 aromatic carbocycles. The summed E-state index contributed by atoms with van der Waals surface area (Å²) in [5, 5.41) is 6.79. The number of hydrogen-bond donors (Lipinski definition) is 2. The molecule has 0 aliphatic heterocycles. The van der Waals surface area contributed by atoms with E-state index in [4.69, 9.17) is 4.74 Å². The summed E-state index contributed by atoms with van der Waals surface area (Å²) < 4.78 is 7.75. The summed E-state index contributed by atoms with van der Waals surface area (Å²) in [5.74, 6) is 0. The smallest absolute Gasteiger partial charge is 0.407 e. The maximum Gasteiger partial charge on any atom is 0.407 e. The highest BCUT2D eigenvalue weighted by atomic mass is 16.6. The van der Waals surface area contributed by atoms with Gasteiger partial charge in [0.1, 0.15) is 5.60 Å². The number of carbonyl (C=O) groups excluding carboxylic acids is 1. The predicted octanol–water partition coefficient (Wildman–Crippen LogP) is 4.21. The molecule has 2 unspecified atom stereocenters. The van der Waals surface area contributed by atoms with Crippen molar-refractivity contribution in [2.75, 3.05) is 0 Å². The van der Waals surface area contributed by atoms with Crippen LogP contribution in [0.3, 0.4) is 0 Å². The minimum absolute atomic E-state index is 0.131. The summed E-state index contributed by atoms with van der Waals surface area (Å²) in [6.07, 6.45) is 8.67. The predicted molar refractivity (Wildman–Crippen MR) is 102 cm³/mol. The number of amides is 1. The molecule has 0 radical (unpaired) electrons. The number of carbonyl (C=O) groups is 1. The van der Waals surface area contributed by atoms with E-state index in [1.165, 1.54) is 18.5 Å². The summed E-state index contributed by atoms with van der Waals surface area (Å²) in [5.41, 5.74) is 0.848. The van der Waals surface area contributed by atoms with E-state index in [0.29, 0.717) is 6.04 Å². The Balaban J connectivity index is 1.94. The van der Waals surface area contributed by atoms with Crippen molar-refractivity contribution < 1.29 is 9.53 Å². The monoisotopic (exact) mass is 349 g/mol. The van der Waals surface area contributed by atoms with Gasteiger partial charge < -0.3 is 19.9 Å². The molecule has 0 spiro atoms. The summed E-state index contributed by atoms with van der Waals surface area (Å²) in [6, 6.07) is 4.71. The lowest BCUT2D eigenvalue weighted by molar-refractivity contribution is 0.0489. The van der Waals surface area contributed by atoms with Gasteiger partial charge >= 0.3 is 6.09 Å². The summed E-state index contributed by atoms with van der Waals surface area (Å²) >= 11 is 0. The Morgan fingerprint density at radius 2 is 1.96 bits per heavy atom. The van der Waals surface area contributed by atoms with Gasteiger partial charge in [-0.2, -0.15) is 0 Å². The lowest BCUT2D eigenvalue weighted by Crippen LogP contribution is -2.50. The summed E-state index contributed by atoms with van der Waals surface area (Å²) in [4.78, 5) is 12.2. The third-order valence-corrected chi connectivity index (χ3v) is 4.65. The number of nitrogens with one attached hydrogen (secondary N) is 2. The van der Waals surface area contributed by atoms with Crippen molar-refractivity contribution in [3.05, 3.63) is 24.0 Å². The Hall–Kier alpha value is -1.49. The standard InChI is InChI=1S/C20H35N3O2/c1-5-13-23-14-9-10-16(23)15-21-17-11-7-6-8-12-18(17)22-19(24)25-20(2,3)4/h9-10,14,17-18,21H,5-8,11-13,15H2,1-4H3,(H,22,24). The van der Waals surface area contributed by atoms with Crippen molar-refractivity contribution in [3.63, 3.8) is 0 Å². The molecule has 142 valence electrons. The molecule has 1 aromatic rings. The number of ether oxygens (including phenoxy) is 1. The Labute approximate surface area is 152 Å². The van der Waals surface area contributed by atoms with Gasteiger partial charge in [0, 0.05) is 37.1 Å². The van der Waals surface area contributed by atoms with Crippen LogP contribution in [-0.4, -0.2) is 28.3 Å². The van der Waals surface area contributed by atoms with Gasteiger partial charge in [-0.15, -0.1) is 0 Å². The zero-order valence-corrected chi connectivity index (χ0v) is 16.3. The second kappa shape index (κ2) is 9.27. The zero-order valence-electron chi connectivity index (χ0n) is 16.3. The molecule has 1 aliphatic rings. The minimum Gasteiger partial charge on any atom is -0.444 e. The largest absolute Gasteiger partial charge is 0.444 e. The average molecular weight is 350 g/mol. The maximum atomic E-state index is 12.2. The first-order chi connectivity index (χ1) is 11.9. The fourth-order valence-electron chi connectivity index (χ4n) is 3.49. The van der Waals surface area contributed by atoms with Gasteiger partial charge in [0.2, 0.25) is 0 Å². The molecule has 0 saturated heterocycles. The van der Waals surface area contributed by atoms with Crippen LogP contribution in [0.15, 0.2) is 18.3 Å². The van der Waals surface area contributed by atoms with E-state index in [2.05, 4.69) is 40.5 Å². The lowest BCUT2D eigenvalue weighted by Gasteiger charge is -2.29. The minimum atomic E-state index is -0.460.